The third-order valence-electron chi connectivity index (χ3n) is 2.30. The number of carboxylic acid groups (broad SMARTS) is 1. The number of benzene rings is 1. The Kier molecular flexibility index (Phi) is 4.74. The fourth-order valence-corrected chi connectivity index (χ4v) is 2.73. The zero-order valence-electron chi connectivity index (χ0n) is 9.89. The minimum absolute atomic E-state index is 0.177. The number of thiazole rings is 1. The van der Waals surface area contributed by atoms with Gasteiger partial charge < -0.3 is 5.11 Å². The second kappa shape index (κ2) is 6.34. The van der Waals surface area contributed by atoms with Gasteiger partial charge >= 0.3 is 5.97 Å². The van der Waals surface area contributed by atoms with Crippen molar-refractivity contribution in [1.29, 1.82) is 0 Å². The van der Waals surface area contributed by atoms with E-state index in [4.69, 9.17) is 16.7 Å². The molecule has 0 aliphatic rings. The van der Waals surface area contributed by atoms with Crippen LogP contribution in [-0.4, -0.2) is 22.0 Å². The van der Waals surface area contributed by atoms with Gasteiger partial charge in [0.1, 0.15) is 0 Å². The van der Waals surface area contributed by atoms with E-state index >= 15 is 0 Å². The van der Waals surface area contributed by atoms with E-state index in [1.807, 2.05) is 0 Å². The number of carbonyl (C=O) groups is 2. The zero-order valence-corrected chi connectivity index (χ0v) is 13.1. The van der Waals surface area contributed by atoms with Crippen molar-refractivity contribution in [2.24, 2.45) is 0 Å². The van der Waals surface area contributed by atoms with Crippen LogP contribution in [0.2, 0.25) is 5.02 Å². The van der Waals surface area contributed by atoms with Crippen LogP contribution < -0.4 is 5.32 Å². The summed E-state index contributed by atoms with van der Waals surface area (Å²) >= 11 is 10.4. The highest BCUT2D eigenvalue weighted by Crippen LogP contribution is 2.27. The third-order valence-corrected chi connectivity index (χ3v) is 4.40. The van der Waals surface area contributed by atoms with Crippen LogP contribution >= 0.6 is 38.9 Å². The van der Waals surface area contributed by atoms with Crippen molar-refractivity contribution < 1.29 is 14.7 Å². The van der Waals surface area contributed by atoms with Crippen LogP contribution in [0.5, 0.6) is 0 Å². The number of aromatic nitrogens is 1. The van der Waals surface area contributed by atoms with Crippen LogP contribution in [0.4, 0.5) is 5.13 Å². The Labute approximate surface area is 131 Å². The van der Waals surface area contributed by atoms with Crippen LogP contribution in [0.3, 0.4) is 0 Å². The molecule has 0 unspecified atom stereocenters. The number of rotatable bonds is 4. The van der Waals surface area contributed by atoms with Gasteiger partial charge in [-0.3, -0.25) is 14.9 Å². The molecule has 0 fully saturated rings. The lowest BCUT2D eigenvalue weighted by atomic mass is 10.2. The number of carbonyl (C=O) groups excluding carboxylic acids is 1. The van der Waals surface area contributed by atoms with Gasteiger partial charge in [-0.15, -0.1) is 11.3 Å². The average molecular weight is 376 g/mol. The first-order chi connectivity index (χ1) is 9.47. The molecule has 0 radical (unpaired) electrons. The van der Waals surface area contributed by atoms with Crippen LogP contribution in [0.25, 0.3) is 0 Å². The summed E-state index contributed by atoms with van der Waals surface area (Å²) in [6.07, 6.45) is -0.177. The fraction of sp³-hybridized carbons (Fsp3) is 0.0833. The summed E-state index contributed by atoms with van der Waals surface area (Å²) in [6.45, 7) is 0. The number of nitrogens with zero attached hydrogens (tertiary/aromatic N) is 1. The number of hydrogen-bond donors (Lipinski definition) is 2. The molecule has 8 heteroatoms. The molecule has 1 amide bonds. The zero-order chi connectivity index (χ0) is 14.7. The van der Waals surface area contributed by atoms with Crippen LogP contribution in [0, 0.1) is 0 Å². The van der Waals surface area contributed by atoms with Gasteiger partial charge in [-0.25, -0.2) is 4.98 Å². The number of aliphatic carboxylic acids is 1. The Bertz CT molecular complexity index is 674. The molecule has 0 atom stereocenters. The Morgan fingerprint density at radius 2 is 2.20 bits per heavy atom. The van der Waals surface area contributed by atoms with Gasteiger partial charge in [-0.1, -0.05) is 17.7 Å². The van der Waals surface area contributed by atoms with E-state index in [0.717, 1.165) is 11.3 Å². The van der Waals surface area contributed by atoms with E-state index in [-0.39, 0.29) is 6.42 Å². The minimum atomic E-state index is -0.969. The highest BCUT2D eigenvalue weighted by Gasteiger charge is 2.14. The van der Waals surface area contributed by atoms with E-state index in [1.165, 1.54) is 0 Å². The highest BCUT2D eigenvalue weighted by molar-refractivity contribution is 9.10. The van der Waals surface area contributed by atoms with Gasteiger partial charge in [-0.05, 0) is 28.1 Å². The molecule has 104 valence electrons. The smallest absolute Gasteiger partial charge is 0.309 e. The second-order valence-corrected chi connectivity index (χ2v) is 5.86. The van der Waals surface area contributed by atoms with Crippen molar-refractivity contribution in [2.45, 2.75) is 6.42 Å². The Morgan fingerprint density at radius 1 is 1.45 bits per heavy atom. The molecule has 0 bridgehead atoms. The highest BCUT2D eigenvalue weighted by atomic mass is 79.9. The molecule has 20 heavy (non-hydrogen) atoms. The topological polar surface area (TPSA) is 79.3 Å². The summed E-state index contributed by atoms with van der Waals surface area (Å²) in [5, 5.41) is 13.5. The summed E-state index contributed by atoms with van der Waals surface area (Å²) in [4.78, 5) is 26.6. The van der Waals surface area contributed by atoms with Gasteiger partial charge in [0.05, 0.1) is 22.7 Å². The predicted molar refractivity (Wildman–Crippen MR) is 80.6 cm³/mol. The number of carboxylic acids is 1. The molecule has 1 aromatic carbocycles. The molecule has 5 nitrogen and oxygen atoms in total. The number of amides is 1. The first kappa shape index (κ1) is 15.0. The van der Waals surface area contributed by atoms with Crippen LogP contribution in [0.15, 0.2) is 28.1 Å². The molecular formula is C12H8BrClN2O3S. The molecule has 1 aromatic heterocycles. The first-order valence-corrected chi connectivity index (χ1v) is 7.44. The van der Waals surface area contributed by atoms with Crippen LogP contribution in [-0.2, 0) is 11.2 Å². The molecule has 2 rings (SSSR count). The maximum absolute atomic E-state index is 12.1. The molecule has 0 aliphatic carbocycles. The summed E-state index contributed by atoms with van der Waals surface area (Å²) in [5.74, 6) is -1.37. The van der Waals surface area contributed by atoms with Crippen molar-refractivity contribution in [3.05, 3.63) is 44.3 Å². The maximum atomic E-state index is 12.1. The number of nitrogens with one attached hydrogen (secondary N) is 1. The van der Waals surface area contributed by atoms with Gasteiger partial charge in [0, 0.05) is 9.85 Å². The molecule has 2 N–H and O–H groups in total. The van der Waals surface area contributed by atoms with Gasteiger partial charge in [0.25, 0.3) is 5.91 Å². The van der Waals surface area contributed by atoms with E-state index in [0.29, 0.717) is 25.9 Å². The minimum Gasteiger partial charge on any atom is -0.481 e. The lowest BCUT2D eigenvalue weighted by Crippen LogP contribution is -2.12. The largest absolute Gasteiger partial charge is 0.481 e. The van der Waals surface area contributed by atoms with E-state index < -0.39 is 11.9 Å². The van der Waals surface area contributed by atoms with E-state index in [9.17, 15) is 9.59 Å². The SMILES string of the molecule is O=C(O)Cc1csc(NC(=O)c2cccc(Br)c2Cl)n1. The second-order valence-electron chi connectivity index (χ2n) is 3.77. The summed E-state index contributed by atoms with van der Waals surface area (Å²) in [7, 11) is 0. The van der Waals surface area contributed by atoms with E-state index in [1.54, 1.807) is 23.6 Å². The van der Waals surface area contributed by atoms with Crippen molar-refractivity contribution in [3.8, 4) is 0 Å². The molecule has 0 aliphatic heterocycles. The number of anilines is 1. The van der Waals surface area contributed by atoms with Crippen molar-refractivity contribution in [1.82, 2.24) is 4.98 Å². The lowest BCUT2D eigenvalue weighted by molar-refractivity contribution is -0.136. The predicted octanol–water partition coefficient (Wildman–Crippen LogP) is 3.44. The molecule has 0 saturated carbocycles. The van der Waals surface area contributed by atoms with Gasteiger partial charge in [0.2, 0.25) is 0 Å². The molecular weight excluding hydrogens is 368 g/mol. The van der Waals surface area contributed by atoms with Crippen molar-refractivity contribution in [2.75, 3.05) is 5.32 Å². The standard InChI is InChI=1S/C12H8BrClN2O3S/c13-8-3-1-2-7(10(8)14)11(19)16-12-15-6(5-20-12)4-9(17)18/h1-3,5H,4H2,(H,17,18)(H,15,16,19). The van der Waals surface area contributed by atoms with Crippen LogP contribution in [0.1, 0.15) is 16.1 Å². The molecule has 0 spiro atoms. The van der Waals surface area contributed by atoms with Crippen molar-refractivity contribution >= 4 is 55.9 Å². The molecule has 2 aromatic rings. The quantitative estimate of drug-likeness (QED) is 0.858. The lowest BCUT2D eigenvalue weighted by Gasteiger charge is -2.05. The Morgan fingerprint density at radius 3 is 2.90 bits per heavy atom. The van der Waals surface area contributed by atoms with Gasteiger partial charge in [-0.2, -0.15) is 0 Å². The molecule has 0 saturated heterocycles. The van der Waals surface area contributed by atoms with Gasteiger partial charge in [0.15, 0.2) is 5.13 Å². The third kappa shape index (κ3) is 3.56. The Hall–Kier alpha value is -1.44. The van der Waals surface area contributed by atoms with Crippen molar-refractivity contribution in [3.63, 3.8) is 0 Å². The summed E-state index contributed by atoms with van der Waals surface area (Å²) in [6, 6.07) is 5.02. The average Bonchev–Trinajstić information content (AvgIpc) is 2.79. The summed E-state index contributed by atoms with van der Waals surface area (Å²) in [5.41, 5.74) is 0.717. The monoisotopic (exact) mass is 374 g/mol. The number of hydrogen-bond acceptors (Lipinski definition) is 4. The summed E-state index contributed by atoms with van der Waals surface area (Å²) < 4.78 is 0.623. The van der Waals surface area contributed by atoms with E-state index in [2.05, 4.69) is 26.2 Å². The normalized spacial score (nSPS) is 10.3. The Balaban J connectivity index is 2.13. The maximum Gasteiger partial charge on any atom is 0.309 e. The molecule has 1 heterocycles. The first-order valence-electron chi connectivity index (χ1n) is 5.39. The fourth-order valence-electron chi connectivity index (χ4n) is 1.44. The number of halogens is 2.